The number of aromatic nitrogens is 2. The number of benzene rings is 2. The van der Waals surface area contributed by atoms with E-state index in [0.717, 1.165) is 30.4 Å². The van der Waals surface area contributed by atoms with E-state index >= 15 is 0 Å². The number of thiazole rings is 2. The lowest BCUT2D eigenvalue weighted by molar-refractivity contribution is -0.655. The van der Waals surface area contributed by atoms with E-state index in [-0.39, 0.29) is 17.9 Å². The predicted molar refractivity (Wildman–Crippen MR) is 137 cm³/mol. The molecule has 35 heavy (non-hydrogen) atoms. The smallest absolute Gasteiger partial charge is 0.386 e. The van der Waals surface area contributed by atoms with Crippen LogP contribution in [-0.2, 0) is 33.3 Å². The van der Waals surface area contributed by atoms with Crippen molar-refractivity contribution < 1.29 is 30.5 Å². The van der Waals surface area contributed by atoms with E-state index < -0.39 is 20.2 Å². The molecule has 0 unspecified atom stereocenters. The number of fused-ring (bicyclic) bond motifs is 2. The number of aryl methyl sites for hydroxylation is 2. The van der Waals surface area contributed by atoms with Crippen molar-refractivity contribution in [3.8, 4) is 0 Å². The minimum atomic E-state index is -4.24. The van der Waals surface area contributed by atoms with Gasteiger partial charge in [-0.1, -0.05) is 35.6 Å². The largest absolute Gasteiger partial charge is 0.748 e. The van der Waals surface area contributed by atoms with Crippen molar-refractivity contribution in [1.29, 1.82) is 0 Å². The fraction of sp³-hybridized carbons (Fsp3) is 0.364. The first-order valence-electron chi connectivity index (χ1n) is 11.0. The van der Waals surface area contributed by atoms with Crippen LogP contribution in [-0.4, -0.2) is 42.0 Å². The van der Waals surface area contributed by atoms with Gasteiger partial charge in [0, 0.05) is 17.3 Å². The van der Waals surface area contributed by atoms with Crippen LogP contribution in [0.3, 0.4) is 0 Å². The average molecular weight is 556 g/mol. The second-order valence-corrected chi connectivity index (χ2v) is 13.2. The van der Waals surface area contributed by atoms with E-state index in [1.807, 2.05) is 53.1 Å². The Hall–Kier alpha value is -2.16. The van der Waals surface area contributed by atoms with Crippen LogP contribution < -0.4 is 9.37 Å². The maximum absolute atomic E-state index is 11.1. The molecule has 0 saturated carbocycles. The first-order chi connectivity index (χ1) is 16.6. The Morgan fingerprint density at radius 1 is 0.886 bits per heavy atom. The number of unbranched alkanes of at least 4 members (excludes halogenated alkanes) is 2. The van der Waals surface area contributed by atoms with Crippen LogP contribution in [0.2, 0.25) is 0 Å². The Bertz CT molecular complexity index is 1620. The van der Waals surface area contributed by atoms with Crippen LogP contribution >= 0.6 is 22.7 Å². The number of hydrogen-bond acceptors (Lipinski definition) is 8. The number of rotatable bonds is 11. The fourth-order valence-electron chi connectivity index (χ4n) is 3.83. The van der Waals surface area contributed by atoms with Gasteiger partial charge in [-0.05, 0) is 61.3 Å². The summed E-state index contributed by atoms with van der Waals surface area (Å²) in [5.41, 5.74) is 1.98. The number of hydrogen-bond donors (Lipinski definition) is 1. The summed E-state index contributed by atoms with van der Waals surface area (Å²) in [4.78, 5) is 5.74. The topological polar surface area (TPSA) is 133 Å². The van der Waals surface area contributed by atoms with E-state index in [1.54, 1.807) is 0 Å². The fourth-order valence-corrected chi connectivity index (χ4v) is 7.13. The van der Waals surface area contributed by atoms with Gasteiger partial charge >= 0.3 is 9.93 Å². The lowest BCUT2D eigenvalue weighted by Crippen LogP contribution is -2.33. The van der Waals surface area contributed by atoms with E-state index in [1.165, 1.54) is 22.7 Å². The summed E-state index contributed by atoms with van der Waals surface area (Å²) in [5, 5.41) is 0.764. The molecule has 0 atom stereocenters. The predicted octanol–water partition coefficient (Wildman–Crippen LogP) is 3.43. The van der Waals surface area contributed by atoms with Gasteiger partial charge in [-0.2, -0.15) is 8.42 Å². The molecule has 9 nitrogen and oxygen atoms in total. The van der Waals surface area contributed by atoms with E-state index in [0.29, 0.717) is 32.4 Å². The monoisotopic (exact) mass is 555 g/mol. The van der Waals surface area contributed by atoms with Gasteiger partial charge in [-0.15, -0.1) is 0 Å². The summed E-state index contributed by atoms with van der Waals surface area (Å²) in [6.45, 7) is 1.07. The Labute approximate surface area is 211 Å². The Balaban J connectivity index is 1.70. The average Bonchev–Trinajstić information content (AvgIpc) is 3.30. The second-order valence-electron chi connectivity index (χ2n) is 8.08. The minimum Gasteiger partial charge on any atom is -0.748 e. The summed E-state index contributed by atoms with van der Waals surface area (Å²) < 4.78 is 70.3. The van der Waals surface area contributed by atoms with Crippen molar-refractivity contribution in [2.75, 3.05) is 11.5 Å². The molecule has 0 bridgehead atoms. The molecule has 1 N–H and O–H groups in total. The lowest BCUT2D eigenvalue weighted by Gasteiger charge is -2.07. The molecule has 13 heteroatoms. The molecule has 0 aliphatic rings. The first kappa shape index (κ1) is 25.9. The summed E-state index contributed by atoms with van der Waals surface area (Å²) in [6.07, 6.45) is 1.70. The molecule has 0 fully saturated rings. The van der Waals surface area contributed by atoms with Crippen LogP contribution in [0.15, 0.2) is 53.5 Å². The molecular weight excluding hydrogens is 531 g/mol. The Morgan fingerprint density at radius 2 is 1.57 bits per heavy atom. The molecular formula is C22H25N3O6S4. The second kappa shape index (κ2) is 10.8. The first-order valence-corrected chi connectivity index (χ1v) is 15.9. The molecule has 0 aliphatic carbocycles. The molecule has 2 aromatic heterocycles. The van der Waals surface area contributed by atoms with Crippen molar-refractivity contribution in [1.82, 2.24) is 4.57 Å². The zero-order valence-electron chi connectivity index (χ0n) is 18.7. The van der Waals surface area contributed by atoms with Crippen molar-refractivity contribution in [2.24, 2.45) is 4.99 Å². The van der Waals surface area contributed by atoms with E-state index in [4.69, 9.17) is 9.55 Å². The number of nitrogens with zero attached hydrogens (tertiary/aromatic N) is 3. The minimum absolute atomic E-state index is 0.277. The third-order valence-electron chi connectivity index (χ3n) is 5.43. The summed E-state index contributed by atoms with van der Waals surface area (Å²) in [7, 11) is -8.24. The summed E-state index contributed by atoms with van der Waals surface area (Å²) >= 11 is 3.06. The van der Waals surface area contributed by atoms with Gasteiger partial charge in [0.05, 0.1) is 37.3 Å². The molecule has 2 aromatic carbocycles. The van der Waals surface area contributed by atoms with Crippen molar-refractivity contribution >= 4 is 68.5 Å². The maximum Gasteiger partial charge on any atom is 0.386 e. The van der Waals surface area contributed by atoms with Gasteiger partial charge in [0.2, 0.25) is 0 Å². The number of para-hydroxylation sites is 2. The van der Waals surface area contributed by atoms with Crippen LogP contribution in [0.1, 0.15) is 25.7 Å². The highest BCUT2D eigenvalue weighted by atomic mass is 32.2. The van der Waals surface area contributed by atoms with E-state index in [9.17, 15) is 21.4 Å². The van der Waals surface area contributed by atoms with Crippen LogP contribution in [0.5, 0.6) is 0 Å². The highest BCUT2D eigenvalue weighted by Gasteiger charge is 2.20. The standard InChI is InChI=1S/C22H25N3O6S4/c26-34(27,28)15-7-5-13-24-17-9-1-3-11-19(17)32-21(24)23-22-25(14-6-8-16-35(29,30)31)18-10-2-4-12-20(18)33-22/h1-4,9-12H,5-8,13-16H2,(H-,26,27,28,29,30,31). The summed E-state index contributed by atoms with van der Waals surface area (Å²) in [6, 6.07) is 15.8. The maximum atomic E-state index is 11.1. The zero-order valence-corrected chi connectivity index (χ0v) is 22.0. The molecule has 0 radical (unpaired) electrons. The lowest BCUT2D eigenvalue weighted by atomic mass is 10.3. The van der Waals surface area contributed by atoms with Gasteiger partial charge in [0.25, 0.3) is 10.1 Å². The van der Waals surface area contributed by atoms with Crippen LogP contribution in [0.25, 0.3) is 20.4 Å². The molecule has 0 aliphatic heterocycles. The normalized spacial score (nSPS) is 13.3. The van der Waals surface area contributed by atoms with Gasteiger partial charge in [-0.3, -0.25) is 9.12 Å². The van der Waals surface area contributed by atoms with Crippen LogP contribution in [0, 0.1) is 0 Å². The Kier molecular flexibility index (Phi) is 8.03. The van der Waals surface area contributed by atoms with Crippen molar-refractivity contribution in [3.05, 3.63) is 53.3 Å². The zero-order chi connectivity index (χ0) is 25.1. The molecule has 0 saturated heterocycles. The Morgan fingerprint density at radius 3 is 2.31 bits per heavy atom. The van der Waals surface area contributed by atoms with Gasteiger partial charge in [0.1, 0.15) is 5.52 Å². The highest BCUT2D eigenvalue weighted by Crippen LogP contribution is 2.27. The molecule has 4 aromatic rings. The molecule has 4 rings (SSSR count). The molecule has 188 valence electrons. The van der Waals surface area contributed by atoms with Gasteiger partial charge in [0.15, 0.2) is 0 Å². The molecule has 2 heterocycles. The molecule has 0 spiro atoms. The quantitative estimate of drug-likeness (QED) is 0.171. The third kappa shape index (κ3) is 6.96. The van der Waals surface area contributed by atoms with E-state index in [2.05, 4.69) is 4.57 Å². The van der Waals surface area contributed by atoms with Crippen molar-refractivity contribution in [3.63, 3.8) is 0 Å². The van der Waals surface area contributed by atoms with Gasteiger partial charge in [-0.25, -0.2) is 13.0 Å². The SMILES string of the molecule is O=S(=O)([O-])CCCCn1/c(=N/c2sc3ccccc3[n+]2CCCCS(=O)(=O)O)sc2ccccc21. The molecule has 0 amide bonds. The van der Waals surface area contributed by atoms with Gasteiger partial charge < -0.3 is 4.55 Å². The summed E-state index contributed by atoms with van der Waals surface area (Å²) in [5.74, 6) is -0.667. The third-order valence-corrected chi connectivity index (χ3v) is 9.14. The highest BCUT2D eigenvalue weighted by molar-refractivity contribution is 7.85. The van der Waals surface area contributed by atoms with Crippen molar-refractivity contribution in [2.45, 2.75) is 38.8 Å². The van der Waals surface area contributed by atoms with Crippen LogP contribution in [0.4, 0.5) is 5.13 Å².